The Kier molecular flexibility index (Phi) is 5.25. The zero-order valence-electron chi connectivity index (χ0n) is 12.8. The van der Waals surface area contributed by atoms with Crippen molar-refractivity contribution in [1.82, 2.24) is 4.98 Å². The number of nitrogen functional groups attached to an aromatic ring is 1. The van der Waals surface area contributed by atoms with Crippen LogP contribution in [-0.2, 0) is 4.74 Å². The van der Waals surface area contributed by atoms with Crippen molar-refractivity contribution in [3.8, 4) is 5.88 Å². The maximum atomic E-state index is 9.70. The molecule has 0 atom stereocenters. The third-order valence-corrected chi connectivity index (χ3v) is 3.59. The Morgan fingerprint density at radius 2 is 2.14 bits per heavy atom. The fourth-order valence-corrected chi connectivity index (χ4v) is 2.24. The molecule has 0 bridgehead atoms. The van der Waals surface area contributed by atoms with Gasteiger partial charge in [-0.05, 0) is 30.9 Å². The number of nitrogens with one attached hydrogen (secondary N) is 1. The zero-order chi connectivity index (χ0) is 15.3. The van der Waals surface area contributed by atoms with E-state index in [1.165, 1.54) is 0 Å². The summed E-state index contributed by atoms with van der Waals surface area (Å²) in [6.07, 6.45) is 1.50. The summed E-state index contributed by atoms with van der Waals surface area (Å²) in [5.41, 5.74) is 6.03. The molecule has 0 aliphatic carbocycles. The van der Waals surface area contributed by atoms with Crippen LogP contribution in [0.4, 0.5) is 11.5 Å². The molecule has 118 valence electrons. The second-order valence-electron chi connectivity index (χ2n) is 5.97. The van der Waals surface area contributed by atoms with Gasteiger partial charge in [0.1, 0.15) is 5.82 Å². The highest BCUT2D eigenvalue weighted by molar-refractivity contribution is 5.54. The Morgan fingerprint density at radius 1 is 1.43 bits per heavy atom. The van der Waals surface area contributed by atoms with Crippen LogP contribution in [0.15, 0.2) is 12.1 Å². The first-order valence-corrected chi connectivity index (χ1v) is 7.41. The Balaban J connectivity index is 2.10. The van der Waals surface area contributed by atoms with Gasteiger partial charge in [-0.1, -0.05) is 13.8 Å². The molecule has 1 fully saturated rings. The van der Waals surface area contributed by atoms with Crippen molar-refractivity contribution >= 4 is 11.5 Å². The van der Waals surface area contributed by atoms with Crippen LogP contribution in [0.1, 0.15) is 26.7 Å². The molecule has 0 spiro atoms. The number of anilines is 2. The minimum atomic E-state index is -0.378. The third kappa shape index (κ3) is 4.22. The van der Waals surface area contributed by atoms with Crippen molar-refractivity contribution in [3.05, 3.63) is 12.1 Å². The number of nitrogens with two attached hydrogens (primary N) is 1. The number of hydrogen-bond acceptors (Lipinski definition) is 6. The normalized spacial score (nSPS) is 17.7. The lowest BCUT2D eigenvalue weighted by molar-refractivity contribution is 0.0378. The van der Waals surface area contributed by atoms with Crippen molar-refractivity contribution in [2.75, 3.05) is 37.5 Å². The van der Waals surface area contributed by atoms with Crippen LogP contribution < -0.4 is 15.8 Å². The molecule has 0 amide bonds. The molecule has 1 aliphatic rings. The van der Waals surface area contributed by atoms with Crippen LogP contribution in [0.5, 0.6) is 5.88 Å². The van der Waals surface area contributed by atoms with Gasteiger partial charge >= 0.3 is 0 Å². The van der Waals surface area contributed by atoms with E-state index in [0.717, 1.165) is 12.8 Å². The van der Waals surface area contributed by atoms with Crippen LogP contribution in [0.25, 0.3) is 0 Å². The molecule has 2 heterocycles. The van der Waals surface area contributed by atoms with Crippen molar-refractivity contribution in [1.29, 1.82) is 0 Å². The van der Waals surface area contributed by atoms with Crippen LogP contribution in [0.3, 0.4) is 0 Å². The molecule has 0 unspecified atom stereocenters. The lowest BCUT2D eigenvalue weighted by Gasteiger charge is -2.36. The Bertz CT molecular complexity index is 459. The van der Waals surface area contributed by atoms with Crippen LogP contribution in [0, 0.1) is 5.92 Å². The van der Waals surface area contributed by atoms with Gasteiger partial charge in [-0.15, -0.1) is 0 Å². The molecule has 0 radical (unpaired) electrons. The number of aliphatic hydroxyl groups excluding tert-OH is 1. The van der Waals surface area contributed by atoms with Gasteiger partial charge in [0, 0.05) is 13.2 Å². The highest BCUT2D eigenvalue weighted by Gasteiger charge is 2.32. The molecule has 6 heteroatoms. The van der Waals surface area contributed by atoms with Gasteiger partial charge in [0.25, 0.3) is 0 Å². The average Bonchev–Trinajstić information content (AvgIpc) is 2.48. The van der Waals surface area contributed by atoms with E-state index < -0.39 is 0 Å². The molecule has 2 rings (SSSR count). The molecular weight excluding hydrogens is 270 g/mol. The van der Waals surface area contributed by atoms with Crippen molar-refractivity contribution < 1.29 is 14.6 Å². The number of hydrogen-bond donors (Lipinski definition) is 3. The van der Waals surface area contributed by atoms with E-state index in [2.05, 4.69) is 24.1 Å². The molecule has 0 aromatic carbocycles. The SMILES string of the molecule is CC(C)COc1nc(NC2(CO)CCOCC2)ccc1N. The van der Waals surface area contributed by atoms with E-state index in [1.807, 2.05) is 6.07 Å². The minimum absolute atomic E-state index is 0.0462. The van der Waals surface area contributed by atoms with Gasteiger partial charge in [-0.3, -0.25) is 0 Å². The van der Waals surface area contributed by atoms with Crippen molar-refractivity contribution in [2.24, 2.45) is 5.92 Å². The molecule has 1 saturated heterocycles. The van der Waals surface area contributed by atoms with Gasteiger partial charge < -0.3 is 25.6 Å². The number of rotatable bonds is 6. The fraction of sp³-hybridized carbons (Fsp3) is 0.667. The topological polar surface area (TPSA) is 89.6 Å². The van der Waals surface area contributed by atoms with Crippen molar-refractivity contribution in [3.63, 3.8) is 0 Å². The standard InChI is InChI=1S/C15H25N3O3/c1-11(2)9-21-14-12(16)3-4-13(17-14)18-15(10-19)5-7-20-8-6-15/h3-4,11,19H,5-10,16H2,1-2H3,(H,17,18). The first-order chi connectivity index (χ1) is 10.0. The lowest BCUT2D eigenvalue weighted by atomic mass is 9.91. The predicted molar refractivity (Wildman–Crippen MR) is 82.5 cm³/mol. The highest BCUT2D eigenvalue weighted by Crippen LogP contribution is 2.27. The van der Waals surface area contributed by atoms with E-state index in [1.54, 1.807) is 6.07 Å². The van der Waals surface area contributed by atoms with Crippen LogP contribution in [-0.4, -0.2) is 42.1 Å². The van der Waals surface area contributed by atoms with Gasteiger partial charge in [0.15, 0.2) is 0 Å². The largest absolute Gasteiger partial charge is 0.476 e. The van der Waals surface area contributed by atoms with E-state index in [-0.39, 0.29) is 12.1 Å². The summed E-state index contributed by atoms with van der Waals surface area (Å²) in [6, 6.07) is 3.58. The maximum Gasteiger partial charge on any atom is 0.239 e. The number of nitrogens with zero attached hydrogens (tertiary/aromatic N) is 1. The maximum absolute atomic E-state index is 9.70. The van der Waals surface area contributed by atoms with Gasteiger partial charge in [-0.25, -0.2) is 0 Å². The number of aromatic nitrogens is 1. The molecular formula is C15H25N3O3. The highest BCUT2D eigenvalue weighted by atomic mass is 16.5. The second-order valence-corrected chi connectivity index (χ2v) is 5.97. The smallest absolute Gasteiger partial charge is 0.239 e. The summed E-state index contributed by atoms with van der Waals surface area (Å²) in [5.74, 6) is 1.51. The van der Waals surface area contributed by atoms with E-state index >= 15 is 0 Å². The lowest BCUT2D eigenvalue weighted by Crippen LogP contribution is -2.47. The molecule has 1 aromatic heterocycles. The molecule has 1 aromatic rings. The molecule has 21 heavy (non-hydrogen) atoms. The summed E-state index contributed by atoms with van der Waals surface area (Å²) in [5, 5.41) is 13.0. The Labute approximate surface area is 125 Å². The summed E-state index contributed by atoms with van der Waals surface area (Å²) in [6.45, 7) is 6.03. The third-order valence-electron chi connectivity index (χ3n) is 3.59. The summed E-state index contributed by atoms with van der Waals surface area (Å²) in [4.78, 5) is 4.42. The van der Waals surface area contributed by atoms with Gasteiger partial charge in [-0.2, -0.15) is 4.98 Å². The molecule has 1 aliphatic heterocycles. The van der Waals surface area contributed by atoms with E-state index in [9.17, 15) is 5.11 Å². The predicted octanol–water partition coefficient (Wildman–Crippen LogP) is 1.65. The van der Waals surface area contributed by atoms with Crippen LogP contribution >= 0.6 is 0 Å². The first kappa shape index (κ1) is 15.9. The monoisotopic (exact) mass is 295 g/mol. The van der Waals surface area contributed by atoms with Gasteiger partial charge in [0.05, 0.1) is 24.4 Å². The summed E-state index contributed by atoms with van der Waals surface area (Å²) < 4.78 is 11.0. The Hall–Kier alpha value is -1.53. The molecule has 4 N–H and O–H groups in total. The summed E-state index contributed by atoms with van der Waals surface area (Å²) in [7, 11) is 0. The van der Waals surface area contributed by atoms with Crippen molar-refractivity contribution in [2.45, 2.75) is 32.2 Å². The zero-order valence-corrected chi connectivity index (χ0v) is 12.8. The summed E-state index contributed by atoms with van der Waals surface area (Å²) >= 11 is 0. The van der Waals surface area contributed by atoms with Gasteiger partial charge in [0.2, 0.25) is 5.88 Å². The molecule has 6 nitrogen and oxygen atoms in total. The Morgan fingerprint density at radius 3 is 2.76 bits per heavy atom. The number of aliphatic hydroxyl groups is 1. The second kappa shape index (κ2) is 6.95. The minimum Gasteiger partial charge on any atom is -0.476 e. The van der Waals surface area contributed by atoms with E-state index in [0.29, 0.717) is 43.1 Å². The van der Waals surface area contributed by atoms with E-state index in [4.69, 9.17) is 15.2 Å². The number of pyridine rings is 1. The molecule has 0 saturated carbocycles. The van der Waals surface area contributed by atoms with Crippen LogP contribution in [0.2, 0.25) is 0 Å². The fourth-order valence-electron chi connectivity index (χ4n) is 2.24. The first-order valence-electron chi connectivity index (χ1n) is 7.41. The average molecular weight is 295 g/mol. The quantitative estimate of drug-likeness (QED) is 0.739. The number of ether oxygens (including phenoxy) is 2.